The minimum Gasteiger partial charge on any atom is -0.297 e. The molecule has 0 aliphatic heterocycles. The second-order valence-corrected chi connectivity index (χ2v) is 5.55. The Morgan fingerprint density at radius 2 is 1.56 bits per heavy atom. The zero-order chi connectivity index (χ0) is 13.9. The number of Topliss-reactive ketones (excluding diaryl/α,β-unsaturated/α-hetero) is 1. The zero-order valence-corrected chi connectivity index (χ0v) is 11.3. The molecular weight excluding hydrogens is 250 g/mol. The molecule has 0 saturated carbocycles. The lowest BCUT2D eigenvalue weighted by atomic mass is 9.95. The van der Waals surface area contributed by atoms with Crippen LogP contribution in [0.5, 0.6) is 0 Å². The number of benzene rings is 1. The van der Waals surface area contributed by atoms with Gasteiger partial charge in [-0.2, -0.15) is 0 Å². The Bertz CT molecular complexity index is 627. The predicted octanol–water partition coefficient (Wildman–Crippen LogP) is 2.31. The van der Waals surface area contributed by atoms with E-state index in [2.05, 4.69) is 0 Å². The van der Waals surface area contributed by atoms with Crippen molar-refractivity contribution in [2.24, 2.45) is 0 Å². The summed E-state index contributed by atoms with van der Waals surface area (Å²) < 4.78 is 23.1. The van der Waals surface area contributed by atoms with E-state index in [4.69, 9.17) is 5.41 Å². The maximum atomic E-state index is 11.6. The van der Waals surface area contributed by atoms with Gasteiger partial charge in [0.1, 0.15) is 5.71 Å². The van der Waals surface area contributed by atoms with Crippen LogP contribution in [0.2, 0.25) is 0 Å². The summed E-state index contributed by atoms with van der Waals surface area (Å²) in [6.07, 6.45) is 2.18. The number of fused-ring (bicyclic) bond motifs is 1. The van der Waals surface area contributed by atoms with Gasteiger partial charge in [0.05, 0.1) is 4.91 Å². The molecule has 5 heteroatoms. The third kappa shape index (κ3) is 2.56. The monoisotopic (exact) mass is 265 g/mol. The third-order valence-electron chi connectivity index (χ3n) is 2.36. The highest BCUT2D eigenvalue weighted by Crippen LogP contribution is 2.28. The lowest BCUT2D eigenvalue weighted by molar-refractivity contribution is 0.106. The van der Waals surface area contributed by atoms with Gasteiger partial charge in [-0.15, -0.1) is 0 Å². The van der Waals surface area contributed by atoms with Crippen molar-refractivity contribution in [3.8, 4) is 0 Å². The molecule has 18 heavy (non-hydrogen) atoms. The molecule has 1 aromatic rings. The molecule has 1 aliphatic rings. The second kappa shape index (κ2) is 5.27. The van der Waals surface area contributed by atoms with Gasteiger partial charge in [-0.05, 0) is 6.08 Å². The number of hydrogen-bond donors (Lipinski definition) is 1. The Kier molecular flexibility index (Phi) is 4.19. The molecule has 1 aliphatic carbocycles. The minimum atomic E-state index is -3.43. The number of carbonyl (C=O) groups is 1. The molecule has 2 rings (SSSR count). The fourth-order valence-corrected chi connectivity index (χ4v) is 2.53. The Labute approximate surface area is 107 Å². The lowest BCUT2D eigenvalue weighted by Crippen LogP contribution is -2.20. The van der Waals surface area contributed by atoms with E-state index in [0.717, 1.165) is 12.3 Å². The molecule has 0 aromatic heterocycles. The molecule has 96 valence electrons. The van der Waals surface area contributed by atoms with Crippen LogP contribution in [0, 0.1) is 5.41 Å². The molecule has 0 radical (unpaired) electrons. The van der Waals surface area contributed by atoms with Crippen LogP contribution in [0.3, 0.4) is 0 Å². The molecule has 0 spiro atoms. The Balaban J connectivity index is 0.000000771. The molecule has 1 aromatic carbocycles. The number of rotatable bonds is 1. The summed E-state index contributed by atoms with van der Waals surface area (Å²) in [5.41, 5.74) is 0.362. The van der Waals surface area contributed by atoms with E-state index in [1.807, 2.05) is 13.8 Å². The van der Waals surface area contributed by atoms with E-state index in [-0.39, 0.29) is 16.2 Å². The van der Waals surface area contributed by atoms with Crippen molar-refractivity contribution in [3.05, 3.63) is 41.5 Å². The van der Waals surface area contributed by atoms with Gasteiger partial charge >= 0.3 is 0 Å². The number of hydrogen-bond acceptors (Lipinski definition) is 4. The van der Waals surface area contributed by atoms with Gasteiger partial charge in [-0.25, -0.2) is 8.42 Å². The highest BCUT2D eigenvalue weighted by atomic mass is 32.2. The minimum absolute atomic E-state index is 0.0349. The van der Waals surface area contributed by atoms with Crippen molar-refractivity contribution >= 4 is 26.2 Å². The number of allylic oxidation sites excluding steroid dienone is 1. The topological polar surface area (TPSA) is 75.1 Å². The van der Waals surface area contributed by atoms with Gasteiger partial charge in [0, 0.05) is 17.4 Å². The van der Waals surface area contributed by atoms with Crippen LogP contribution < -0.4 is 0 Å². The van der Waals surface area contributed by atoms with E-state index in [9.17, 15) is 13.2 Å². The van der Waals surface area contributed by atoms with Gasteiger partial charge in [0.25, 0.3) is 0 Å². The standard InChI is InChI=1S/C11H9NO3S.C2H6/c1-16(14,15)10-6-9(12)11(13)8-5-3-2-4-7(8)10;1-2/h2-6,12H,1H3;1-2H3. The van der Waals surface area contributed by atoms with Crippen LogP contribution in [-0.2, 0) is 9.84 Å². The third-order valence-corrected chi connectivity index (χ3v) is 3.49. The summed E-state index contributed by atoms with van der Waals surface area (Å²) in [7, 11) is -3.43. The maximum absolute atomic E-state index is 11.6. The van der Waals surface area contributed by atoms with Gasteiger partial charge < -0.3 is 0 Å². The largest absolute Gasteiger partial charge is 0.297 e. The summed E-state index contributed by atoms with van der Waals surface area (Å²) in [5, 5.41) is 7.45. The molecule has 0 amide bonds. The summed E-state index contributed by atoms with van der Waals surface area (Å²) in [5.74, 6) is -0.442. The van der Waals surface area contributed by atoms with Crippen LogP contribution in [0.4, 0.5) is 0 Å². The summed E-state index contributed by atoms with van der Waals surface area (Å²) in [6, 6.07) is 6.42. The highest BCUT2D eigenvalue weighted by Gasteiger charge is 2.27. The van der Waals surface area contributed by atoms with Crippen molar-refractivity contribution < 1.29 is 13.2 Å². The normalized spacial score (nSPS) is 14.3. The van der Waals surface area contributed by atoms with E-state index < -0.39 is 15.6 Å². The van der Waals surface area contributed by atoms with Crippen molar-refractivity contribution in [1.82, 2.24) is 0 Å². The average molecular weight is 265 g/mol. The average Bonchev–Trinajstić information content (AvgIpc) is 2.35. The second-order valence-electron chi connectivity index (χ2n) is 3.57. The molecule has 4 nitrogen and oxygen atoms in total. The number of nitrogens with one attached hydrogen (secondary N) is 1. The fraction of sp³-hybridized carbons (Fsp3) is 0.231. The molecular formula is C13H15NO3S. The Morgan fingerprint density at radius 3 is 2.06 bits per heavy atom. The number of carbonyl (C=O) groups excluding carboxylic acids is 1. The lowest BCUT2D eigenvalue weighted by Gasteiger charge is -2.15. The molecule has 0 fully saturated rings. The van der Waals surface area contributed by atoms with Crippen molar-refractivity contribution in [3.63, 3.8) is 0 Å². The zero-order valence-electron chi connectivity index (χ0n) is 10.5. The molecule has 0 heterocycles. The first-order valence-corrected chi connectivity index (χ1v) is 7.45. The fourth-order valence-electron chi connectivity index (χ4n) is 1.62. The van der Waals surface area contributed by atoms with Crippen LogP contribution in [-0.4, -0.2) is 26.2 Å². The number of sulfone groups is 1. The van der Waals surface area contributed by atoms with E-state index >= 15 is 0 Å². The summed E-state index contributed by atoms with van der Waals surface area (Å²) in [4.78, 5) is 11.7. The molecule has 1 N–H and O–H groups in total. The molecule has 0 saturated heterocycles. The Hall–Kier alpha value is -1.75. The first-order valence-electron chi connectivity index (χ1n) is 5.55. The smallest absolute Gasteiger partial charge is 0.211 e. The van der Waals surface area contributed by atoms with Gasteiger partial charge in [0.2, 0.25) is 5.78 Å². The van der Waals surface area contributed by atoms with E-state index in [1.165, 1.54) is 6.07 Å². The van der Waals surface area contributed by atoms with Crippen molar-refractivity contribution in [1.29, 1.82) is 5.41 Å². The summed E-state index contributed by atoms with van der Waals surface area (Å²) >= 11 is 0. The van der Waals surface area contributed by atoms with Crippen LogP contribution in [0.25, 0.3) is 4.91 Å². The molecule has 0 unspecified atom stereocenters. The van der Waals surface area contributed by atoms with E-state index in [0.29, 0.717) is 5.56 Å². The first kappa shape index (κ1) is 14.3. The van der Waals surface area contributed by atoms with E-state index in [1.54, 1.807) is 18.2 Å². The molecule has 0 bridgehead atoms. The summed E-state index contributed by atoms with van der Waals surface area (Å²) in [6.45, 7) is 4.00. The highest BCUT2D eigenvalue weighted by molar-refractivity contribution is 8.00. The van der Waals surface area contributed by atoms with Gasteiger partial charge in [-0.3, -0.25) is 10.2 Å². The van der Waals surface area contributed by atoms with Crippen molar-refractivity contribution in [2.45, 2.75) is 13.8 Å². The molecule has 0 atom stereocenters. The van der Waals surface area contributed by atoms with Crippen LogP contribution in [0.15, 0.2) is 30.3 Å². The van der Waals surface area contributed by atoms with Gasteiger partial charge in [-0.1, -0.05) is 38.1 Å². The maximum Gasteiger partial charge on any atom is 0.211 e. The predicted molar refractivity (Wildman–Crippen MR) is 72.7 cm³/mol. The SMILES string of the molecule is CC.CS(=O)(=O)C1=CC(=N)C(=O)c2ccccc21. The van der Waals surface area contributed by atoms with Crippen LogP contribution in [0.1, 0.15) is 29.8 Å². The van der Waals surface area contributed by atoms with Crippen molar-refractivity contribution in [2.75, 3.05) is 6.26 Å². The first-order chi connectivity index (χ1) is 8.41. The van der Waals surface area contributed by atoms with Gasteiger partial charge in [0.15, 0.2) is 9.84 Å². The quantitative estimate of drug-likeness (QED) is 0.846. The number of ketones is 1. The Morgan fingerprint density at radius 1 is 1.06 bits per heavy atom. The van der Waals surface area contributed by atoms with Crippen LogP contribution >= 0.6 is 0 Å².